The number of methoxy groups -OCH3 is 1. The molecule has 1 aromatic heterocycles. The molecule has 1 saturated carbocycles. The monoisotopic (exact) mass is 726 g/mol. The van der Waals surface area contributed by atoms with Crippen molar-refractivity contribution in [3.05, 3.63) is 41.7 Å². The van der Waals surface area contributed by atoms with E-state index in [9.17, 15) is 33.9 Å². The molecule has 2 heterocycles. The van der Waals surface area contributed by atoms with Crippen molar-refractivity contribution in [2.24, 2.45) is 11.7 Å². The van der Waals surface area contributed by atoms with Crippen LogP contribution in [-0.2, 0) is 24.8 Å². The highest BCUT2D eigenvalue weighted by Crippen LogP contribution is 2.33. The van der Waals surface area contributed by atoms with Crippen LogP contribution < -0.4 is 26.4 Å². The highest BCUT2D eigenvalue weighted by Gasteiger charge is 2.45. The van der Waals surface area contributed by atoms with Crippen LogP contribution in [0.5, 0.6) is 5.75 Å². The normalized spacial score (nSPS) is 19.0. The Bertz CT molecular complexity index is 1580. The van der Waals surface area contributed by atoms with Gasteiger partial charge in [-0.3, -0.25) is 24.0 Å². The molecule has 0 bridgehead atoms. The number of amides is 5. The van der Waals surface area contributed by atoms with Crippen LogP contribution >= 0.6 is 0 Å². The molecule has 1 unspecified atom stereocenters. The first-order chi connectivity index (χ1) is 24.7. The zero-order valence-corrected chi connectivity index (χ0v) is 29.9. The predicted molar refractivity (Wildman–Crippen MR) is 186 cm³/mol. The first-order valence-corrected chi connectivity index (χ1v) is 17.7. The molecular formula is C35H50N8O9. The van der Waals surface area contributed by atoms with Crippen LogP contribution in [0, 0.1) is 5.92 Å². The Labute approximate surface area is 302 Å². The minimum absolute atomic E-state index is 0.00689. The van der Waals surface area contributed by atoms with Gasteiger partial charge < -0.3 is 41.5 Å². The van der Waals surface area contributed by atoms with Gasteiger partial charge in [0.1, 0.15) is 23.4 Å². The maximum Gasteiger partial charge on any atom is 0.404 e. The molecule has 2 aliphatic rings. The number of hydrogen-bond acceptors (Lipinski definition) is 10. The minimum atomic E-state index is -1.36. The van der Waals surface area contributed by atoms with Gasteiger partial charge >= 0.3 is 6.09 Å². The number of rotatable bonds is 17. The average Bonchev–Trinajstić information content (AvgIpc) is 3.79. The van der Waals surface area contributed by atoms with Crippen molar-refractivity contribution in [1.29, 1.82) is 0 Å². The number of nitrogens with zero attached hydrogens (tertiary/aromatic N) is 4. The molecule has 1 aliphatic heterocycles. The standard InChI is InChI=1S/C35H50N8O9/c1-35(2,51)28-19-38-41-43(28)23-18-27(32(47)39-25(29(44)30(36)45)11-7-8-16-37-34(49)50)42(20-23)33(48)26(17-21-9-5-4-6-10-21)40-31(46)22-12-14-24(52-3)15-13-22/h12-15,19,21,23,25-27,37,51H,4-11,16-18,20H2,1-3H3,(H2,36,45)(H,39,47)(H,40,46)(H,49,50)/t23-,25?,26+,27-/m0/s1. The number of nitrogens with two attached hydrogens (primary N) is 1. The first-order valence-electron chi connectivity index (χ1n) is 17.7. The maximum atomic E-state index is 14.6. The van der Waals surface area contributed by atoms with E-state index in [1.54, 1.807) is 38.1 Å². The molecule has 2 aromatic rings. The molecule has 1 aliphatic carbocycles. The van der Waals surface area contributed by atoms with Crippen LogP contribution in [0.2, 0.25) is 0 Å². The Morgan fingerprint density at radius 1 is 1.02 bits per heavy atom. The van der Waals surface area contributed by atoms with E-state index >= 15 is 0 Å². The van der Waals surface area contributed by atoms with E-state index in [2.05, 4.69) is 26.3 Å². The van der Waals surface area contributed by atoms with Crippen LogP contribution in [-0.4, -0.2) is 104 Å². The van der Waals surface area contributed by atoms with Crippen molar-refractivity contribution in [3.8, 4) is 5.75 Å². The molecule has 7 N–H and O–H groups in total. The van der Waals surface area contributed by atoms with Crippen molar-refractivity contribution in [2.75, 3.05) is 20.2 Å². The summed E-state index contributed by atoms with van der Waals surface area (Å²) in [5.74, 6) is -3.26. The number of ketones is 1. The Morgan fingerprint density at radius 2 is 1.71 bits per heavy atom. The number of likely N-dealkylation sites (tertiary alicyclic amines) is 1. The van der Waals surface area contributed by atoms with Gasteiger partial charge in [0.15, 0.2) is 0 Å². The molecule has 52 heavy (non-hydrogen) atoms. The summed E-state index contributed by atoms with van der Waals surface area (Å²) in [6, 6.07) is 2.36. The van der Waals surface area contributed by atoms with Gasteiger partial charge in [-0.25, -0.2) is 9.48 Å². The summed E-state index contributed by atoms with van der Waals surface area (Å²) in [7, 11) is 1.51. The second-order valence-electron chi connectivity index (χ2n) is 14.0. The summed E-state index contributed by atoms with van der Waals surface area (Å²) in [6.07, 6.45) is 6.03. The van der Waals surface area contributed by atoms with Gasteiger partial charge in [0, 0.05) is 25.1 Å². The Morgan fingerprint density at radius 3 is 2.33 bits per heavy atom. The highest BCUT2D eigenvalue weighted by molar-refractivity contribution is 6.37. The lowest BCUT2D eigenvalue weighted by atomic mass is 9.84. The molecule has 0 spiro atoms. The average molecular weight is 727 g/mol. The number of aromatic nitrogens is 3. The fourth-order valence-electron chi connectivity index (χ4n) is 6.97. The fraction of sp³-hybridized carbons (Fsp3) is 0.600. The molecule has 17 nitrogen and oxygen atoms in total. The Hall–Kier alpha value is -5.06. The molecule has 1 saturated heterocycles. The molecule has 5 amide bonds. The van der Waals surface area contributed by atoms with E-state index in [0.29, 0.717) is 29.8 Å². The number of aliphatic hydroxyl groups is 1. The summed E-state index contributed by atoms with van der Waals surface area (Å²) in [6.45, 7) is 3.19. The molecule has 17 heteroatoms. The third kappa shape index (κ3) is 10.5. The van der Waals surface area contributed by atoms with E-state index in [0.717, 1.165) is 32.1 Å². The number of nitrogens with one attached hydrogen (secondary N) is 3. The van der Waals surface area contributed by atoms with Gasteiger partial charge in [0.25, 0.3) is 11.8 Å². The van der Waals surface area contributed by atoms with Gasteiger partial charge in [0.05, 0.1) is 31.1 Å². The number of carbonyl (C=O) groups excluding carboxylic acids is 5. The van der Waals surface area contributed by atoms with Gasteiger partial charge in [-0.1, -0.05) is 37.3 Å². The first kappa shape index (κ1) is 39.7. The second-order valence-corrected chi connectivity index (χ2v) is 14.0. The molecule has 2 fully saturated rings. The van der Waals surface area contributed by atoms with E-state index in [1.165, 1.54) is 22.9 Å². The number of hydrogen-bond donors (Lipinski definition) is 6. The minimum Gasteiger partial charge on any atom is -0.497 e. The molecule has 0 radical (unpaired) electrons. The summed E-state index contributed by atoms with van der Waals surface area (Å²) in [5.41, 5.74) is 4.63. The summed E-state index contributed by atoms with van der Waals surface area (Å²) >= 11 is 0. The topological polar surface area (TPSA) is 248 Å². The molecular weight excluding hydrogens is 676 g/mol. The third-order valence-corrected chi connectivity index (χ3v) is 9.73. The van der Waals surface area contributed by atoms with Gasteiger partial charge in [-0.2, -0.15) is 0 Å². The fourth-order valence-corrected chi connectivity index (χ4v) is 6.97. The molecule has 1 aromatic carbocycles. The van der Waals surface area contributed by atoms with Crippen molar-refractivity contribution in [3.63, 3.8) is 0 Å². The second kappa shape index (κ2) is 17.9. The number of primary amides is 1. The SMILES string of the molecule is COc1ccc(C(=O)N[C@H](CC2CCCCC2)C(=O)N2C[C@@H](n3nncc3C(C)(C)O)C[C@H]2C(=O)NC(CCCCNC(=O)O)C(=O)C(N)=O)cc1. The predicted octanol–water partition coefficient (Wildman–Crippen LogP) is 1.40. The summed E-state index contributed by atoms with van der Waals surface area (Å²) in [4.78, 5) is 79.2. The number of carboxylic acid groups (broad SMARTS) is 1. The van der Waals surface area contributed by atoms with Crippen LogP contribution in [0.25, 0.3) is 0 Å². The third-order valence-electron chi connectivity index (χ3n) is 9.73. The quantitative estimate of drug-likeness (QED) is 0.100. The largest absolute Gasteiger partial charge is 0.497 e. The lowest BCUT2D eigenvalue weighted by Crippen LogP contribution is -2.56. The van der Waals surface area contributed by atoms with Crippen LogP contribution in [0.15, 0.2) is 30.5 Å². The Kier molecular flexibility index (Phi) is 13.7. The van der Waals surface area contributed by atoms with Gasteiger partial charge in [0.2, 0.25) is 17.6 Å². The van der Waals surface area contributed by atoms with Gasteiger partial charge in [-0.15, -0.1) is 5.10 Å². The number of ether oxygens (including phenoxy) is 1. The zero-order chi connectivity index (χ0) is 38.0. The molecule has 4 atom stereocenters. The van der Waals surface area contributed by atoms with Crippen molar-refractivity contribution >= 4 is 35.5 Å². The molecule has 4 rings (SSSR count). The van der Waals surface area contributed by atoms with Crippen LogP contribution in [0.4, 0.5) is 4.79 Å². The van der Waals surface area contributed by atoms with Crippen molar-refractivity contribution < 1.29 is 43.7 Å². The van der Waals surface area contributed by atoms with E-state index in [1.807, 2.05) is 0 Å². The number of benzene rings is 1. The maximum absolute atomic E-state index is 14.6. The van der Waals surface area contributed by atoms with Crippen LogP contribution in [0.3, 0.4) is 0 Å². The Balaban J connectivity index is 1.64. The highest BCUT2D eigenvalue weighted by atomic mass is 16.5. The van der Waals surface area contributed by atoms with E-state index in [4.69, 9.17) is 15.6 Å². The summed E-state index contributed by atoms with van der Waals surface area (Å²) < 4.78 is 6.68. The lowest BCUT2D eigenvalue weighted by Gasteiger charge is -2.32. The van der Waals surface area contributed by atoms with Gasteiger partial charge in [-0.05, 0) is 69.7 Å². The zero-order valence-electron chi connectivity index (χ0n) is 29.9. The molecule has 284 valence electrons. The smallest absolute Gasteiger partial charge is 0.404 e. The van der Waals surface area contributed by atoms with Crippen molar-refractivity contribution in [1.82, 2.24) is 35.8 Å². The lowest BCUT2D eigenvalue weighted by molar-refractivity contribution is -0.142. The van der Waals surface area contributed by atoms with Crippen LogP contribution in [0.1, 0.15) is 100 Å². The summed E-state index contributed by atoms with van der Waals surface area (Å²) in [5, 5.41) is 35.6. The van der Waals surface area contributed by atoms with E-state index in [-0.39, 0.29) is 38.3 Å². The number of unbranched alkanes of at least 4 members (excludes halogenated alkanes) is 1. The number of Topliss-reactive ketones (excluding diaryl/α,β-unsaturated/α-hetero) is 1. The number of carbonyl (C=O) groups is 6. The van der Waals surface area contributed by atoms with Crippen molar-refractivity contribution in [2.45, 2.75) is 108 Å². The van der Waals surface area contributed by atoms with E-state index < -0.39 is 65.3 Å².